The van der Waals surface area contributed by atoms with Gasteiger partial charge in [0.25, 0.3) is 0 Å². The van der Waals surface area contributed by atoms with E-state index in [2.05, 4.69) is 5.32 Å². The molecule has 0 saturated heterocycles. The predicted octanol–water partition coefficient (Wildman–Crippen LogP) is 2.33. The van der Waals surface area contributed by atoms with Crippen molar-refractivity contribution in [3.8, 4) is 11.5 Å². The highest BCUT2D eigenvalue weighted by Gasteiger charge is 2.13. The summed E-state index contributed by atoms with van der Waals surface area (Å²) in [4.78, 5) is 13.7. The summed E-state index contributed by atoms with van der Waals surface area (Å²) in [6.45, 7) is 5.24. The number of nitrogens with zero attached hydrogens (tertiary/aromatic N) is 1. The Morgan fingerprint density at radius 1 is 1.29 bits per heavy atom. The van der Waals surface area contributed by atoms with Crippen LogP contribution in [0.3, 0.4) is 0 Å². The number of ether oxygens (including phenoxy) is 2. The Morgan fingerprint density at radius 3 is 2.62 bits per heavy atom. The summed E-state index contributed by atoms with van der Waals surface area (Å²) < 4.78 is 10.7. The van der Waals surface area contributed by atoms with E-state index in [1.807, 2.05) is 13.8 Å². The molecule has 1 aromatic carbocycles. The van der Waals surface area contributed by atoms with Crippen molar-refractivity contribution in [3.63, 3.8) is 0 Å². The van der Waals surface area contributed by atoms with Crippen LogP contribution in [0.15, 0.2) is 18.2 Å². The van der Waals surface area contributed by atoms with Crippen LogP contribution >= 0.6 is 0 Å². The van der Waals surface area contributed by atoms with Crippen LogP contribution in [0.2, 0.25) is 0 Å². The Labute approximate surface area is 125 Å². The zero-order valence-electron chi connectivity index (χ0n) is 12.9. The molecule has 0 bridgehead atoms. The van der Waals surface area contributed by atoms with Crippen molar-refractivity contribution in [1.29, 1.82) is 0 Å². The normalized spacial score (nSPS) is 10.1. The lowest BCUT2D eigenvalue weighted by Gasteiger charge is -2.21. The second kappa shape index (κ2) is 9.07. The highest BCUT2D eigenvalue weighted by Crippen LogP contribution is 2.30. The van der Waals surface area contributed by atoms with Gasteiger partial charge in [0.1, 0.15) is 0 Å². The van der Waals surface area contributed by atoms with Gasteiger partial charge in [0, 0.05) is 24.8 Å². The van der Waals surface area contributed by atoms with Gasteiger partial charge in [-0.15, -0.1) is 0 Å². The number of anilines is 1. The maximum atomic E-state index is 12.1. The second-order valence-electron chi connectivity index (χ2n) is 4.44. The zero-order valence-corrected chi connectivity index (χ0v) is 12.9. The van der Waals surface area contributed by atoms with Gasteiger partial charge < -0.3 is 24.8 Å². The number of benzene rings is 1. The monoisotopic (exact) mass is 296 g/mol. The van der Waals surface area contributed by atoms with Gasteiger partial charge in [0.15, 0.2) is 11.5 Å². The minimum atomic E-state index is -0.237. The summed E-state index contributed by atoms with van der Waals surface area (Å²) in [5, 5.41) is 11.8. The number of aliphatic hydroxyl groups excluding tert-OH is 1. The molecule has 21 heavy (non-hydrogen) atoms. The van der Waals surface area contributed by atoms with Gasteiger partial charge in [-0.05, 0) is 25.5 Å². The first-order valence-corrected chi connectivity index (χ1v) is 7.13. The smallest absolute Gasteiger partial charge is 0.321 e. The van der Waals surface area contributed by atoms with Gasteiger partial charge in [0.05, 0.1) is 20.3 Å². The lowest BCUT2D eigenvalue weighted by Crippen LogP contribution is -2.37. The van der Waals surface area contributed by atoms with Gasteiger partial charge in [-0.1, -0.05) is 6.92 Å². The number of carbonyl (C=O) groups excluding carboxylic acids is 1. The average Bonchev–Trinajstić information content (AvgIpc) is 2.47. The van der Waals surface area contributed by atoms with E-state index in [1.54, 1.807) is 30.2 Å². The van der Waals surface area contributed by atoms with Gasteiger partial charge in [-0.2, -0.15) is 0 Å². The molecule has 1 aromatic rings. The Hall–Kier alpha value is -1.95. The molecule has 118 valence electrons. The van der Waals surface area contributed by atoms with Crippen molar-refractivity contribution in [2.45, 2.75) is 20.3 Å². The molecule has 0 atom stereocenters. The van der Waals surface area contributed by atoms with Crippen molar-refractivity contribution < 1.29 is 19.4 Å². The molecule has 0 heterocycles. The lowest BCUT2D eigenvalue weighted by molar-refractivity contribution is 0.188. The molecule has 0 spiro atoms. The van der Waals surface area contributed by atoms with Crippen LogP contribution in [-0.2, 0) is 0 Å². The Morgan fingerprint density at radius 2 is 2.05 bits per heavy atom. The van der Waals surface area contributed by atoms with Crippen LogP contribution in [0.1, 0.15) is 20.3 Å². The van der Waals surface area contributed by atoms with Crippen molar-refractivity contribution in [2.24, 2.45) is 0 Å². The number of methoxy groups -OCH3 is 1. The molecule has 0 aliphatic carbocycles. The summed E-state index contributed by atoms with van der Waals surface area (Å²) in [7, 11) is 1.57. The molecule has 0 aliphatic heterocycles. The molecule has 6 nitrogen and oxygen atoms in total. The number of nitrogens with one attached hydrogen (secondary N) is 1. The van der Waals surface area contributed by atoms with Crippen LogP contribution < -0.4 is 14.8 Å². The molecule has 0 aromatic heterocycles. The fourth-order valence-corrected chi connectivity index (χ4v) is 1.93. The average molecular weight is 296 g/mol. The fraction of sp³-hybridized carbons (Fsp3) is 0.533. The first-order chi connectivity index (χ1) is 10.2. The molecule has 0 aliphatic rings. The summed E-state index contributed by atoms with van der Waals surface area (Å²) in [6, 6.07) is 4.99. The summed E-state index contributed by atoms with van der Waals surface area (Å²) in [5.41, 5.74) is 0.628. The van der Waals surface area contributed by atoms with Crippen LogP contribution in [0.4, 0.5) is 10.5 Å². The maximum absolute atomic E-state index is 12.1. The maximum Gasteiger partial charge on any atom is 0.321 e. The second-order valence-corrected chi connectivity index (χ2v) is 4.44. The van der Waals surface area contributed by atoms with Crippen molar-refractivity contribution in [1.82, 2.24) is 4.90 Å². The molecule has 0 unspecified atom stereocenters. The molecule has 0 radical (unpaired) electrons. The molecule has 6 heteroatoms. The Kier molecular flexibility index (Phi) is 7.39. The number of carbonyl (C=O) groups is 1. The van der Waals surface area contributed by atoms with E-state index in [0.717, 1.165) is 6.42 Å². The molecular weight excluding hydrogens is 272 g/mol. The van der Waals surface area contributed by atoms with Crippen LogP contribution in [0.25, 0.3) is 0 Å². The van der Waals surface area contributed by atoms with Crippen molar-refractivity contribution >= 4 is 11.7 Å². The zero-order chi connectivity index (χ0) is 15.7. The lowest BCUT2D eigenvalue weighted by atomic mass is 10.2. The minimum absolute atomic E-state index is 0.0553. The van der Waals surface area contributed by atoms with Gasteiger partial charge >= 0.3 is 6.03 Å². The molecular formula is C15H24N2O4. The summed E-state index contributed by atoms with van der Waals surface area (Å²) in [5.74, 6) is 1.21. The quantitative estimate of drug-likeness (QED) is 0.772. The van der Waals surface area contributed by atoms with E-state index in [4.69, 9.17) is 14.6 Å². The number of urea groups is 1. The number of rotatable bonds is 8. The minimum Gasteiger partial charge on any atom is -0.493 e. The highest BCUT2D eigenvalue weighted by atomic mass is 16.5. The van der Waals surface area contributed by atoms with E-state index in [-0.39, 0.29) is 12.6 Å². The van der Waals surface area contributed by atoms with E-state index >= 15 is 0 Å². The molecule has 2 amide bonds. The third kappa shape index (κ3) is 5.15. The standard InChI is InChI=1S/C15H24N2O4/c1-4-8-17(9-10-18)15(19)16-12-6-7-13(20-3)14(11-12)21-5-2/h6-7,11,18H,4-5,8-10H2,1-3H3,(H,16,19). The van der Waals surface area contributed by atoms with Crippen molar-refractivity contribution in [2.75, 3.05) is 38.7 Å². The van der Waals surface area contributed by atoms with Gasteiger partial charge in [-0.25, -0.2) is 4.79 Å². The van der Waals surface area contributed by atoms with Gasteiger partial charge in [0.2, 0.25) is 0 Å². The van der Waals surface area contributed by atoms with E-state index in [0.29, 0.717) is 36.9 Å². The Balaban J connectivity index is 2.81. The van der Waals surface area contributed by atoms with E-state index < -0.39 is 0 Å². The van der Waals surface area contributed by atoms with Crippen LogP contribution in [-0.4, -0.2) is 49.5 Å². The third-order valence-electron chi connectivity index (χ3n) is 2.87. The third-order valence-corrected chi connectivity index (χ3v) is 2.87. The summed E-state index contributed by atoms with van der Waals surface area (Å²) in [6.07, 6.45) is 0.834. The first kappa shape index (κ1) is 17.1. The number of aliphatic hydroxyl groups is 1. The number of hydrogen-bond acceptors (Lipinski definition) is 4. The van der Waals surface area contributed by atoms with Gasteiger partial charge in [-0.3, -0.25) is 0 Å². The van der Waals surface area contributed by atoms with Crippen LogP contribution in [0, 0.1) is 0 Å². The molecule has 1 rings (SSSR count). The topological polar surface area (TPSA) is 71.0 Å². The molecule has 0 saturated carbocycles. The SMILES string of the molecule is CCCN(CCO)C(=O)Nc1ccc(OC)c(OCC)c1. The summed E-state index contributed by atoms with van der Waals surface area (Å²) >= 11 is 0. The highest BCUT2D eigenvalue weighted by molar-refractivity contribution is 5.89. The fourth-order valence-electron chi connectivity index (χ4n) is 1.93. The van der Waals surface area contributed by atoms with E-state index in [1.165, 1.54) is 0 Å². The molecule has 0 fully saturated rings. The first-order valence-electron chi connectivity index (χ1n) is 7.13. The largest absolute Gasteiger partial charge is 0.493 e. The number of amides is 2. The van der Waals surface area contributed by atoms with Crippen molar-refractivity contribution in [3.05, 3.63) is 18.2 Å². The predicted molar refractivity (Wildman–Crippen MR) is 82.1 cm³/mol. The van der Waals surface area contributed by atoms with E-state index in [9.17, 15) is 4.79 Å². The molecule has 2 N–H and O–H groups in total. The van der Waals surface area contributed by atoms with Crippen LogP contribution in [0.5, 0.6) is 11.5 Å². The Bertz CT molecular complexity index is 445. The number of hydrogen-bond donors (Lipinski definition) is 2.